The molecule has 6 rings (SSSR count). The molecule has 44 heavy (non-hydrogen) atoms. The van der Waals surface area contributed by atoms with E-state index in [1.54, 1.807) is 36.4 Å². The van der Waals surface area contributed by atoms with Crippen LogP contribution in [0.15, 0.2) is 54.9 Å². The molecule has 2 amide bonds. The van der Waals surface area contributed by atoms with E-state index in [1.165, 1.54) is 18.5 Å². The second-order valence-corrected chi connectivity index (χ2v) is 10.5. The van der Waals surface area contributed by atoms with E-state index in [0.29, 0.717) is 59.4 Å². The first-order chi connectivity index (χ1) is 21.5. The standard InChI is InChI=1S/C31H31ClFN5O6/c32-23-16-22(6-7-24(23)37-31(39)34-18-20-2-4-21(33)5-3-20)44-30-27-25(35-19-36-30)17-26(28-29(27)43-15-14-42-28)41-11-1-8-38-9-12-40-13-10-38/h2-7,16-17,19H,1,8-15,18H2,(H2,34,37,39). The zero-order valence-corrected chi connectivity index (χ0v) is 24.6. The predicted molar refractivity (Wildman–Crippen MR) is 162 cm³/mol. The summed E-state index contributed by atoms with van der Waals surface area (Å²) in [4.78, 5) is 23.5. The Morgan fingerprint density at radius 2 is 1.80 bits per heavy atom. The second-order valence-electron chi connectivity index (χ2n) is 10.1. The molecular weight excluding hydrogens is 593 g/mol. The van der Waals surface area contributed by atoms with Gasteiger partial charge in [-0.1, -0.05) is 23.7 Å². The highest BCUT2D eigenvalue weighted by Gasteiger charge is 2.25. The van der Waals surface area contributed by atoms with Gasteiger partial charge in [0.05, 0.1) is 36.0 Å². The van der Waals surface area contributed by atoms with Gasteiger partial charge >= 0.3 is 6.03 Å². The zero-order chi connectivity index (χ0) is 30.3. The Bertz CT molecular complexity index is 1620. The quantitative estimate of drug-likeness (QED) is 0.224. The predicted octanol–water partition coefficient (Wildman–Crippen LogP) is 5.41. The first-order valence-corrected chi connectivity index (χ1v) is 14.7. The van der Waals surface area contributed by atoms with Crippen LogP contribution < -0.4 is 29.6 Å². The third kappa shape index (κ3) is 7.21. The summed E-state index contributed by atoms with van der Waals surface area (Å²) < 4.78 is 42.8. The fourth-order valence-corrected chi connectivity index (χ4v) is 5.10. The molecule has 3 aromatic carbocycles. The average Bonchev–Trinajstić information content (AvgIpc) is 3.04. The molecule has 0 spiro atoms. The van der Waals surface area contributed by atoms with E-state index >= 15 is 0 Å². The summed E-state index contributed by atoms with van der Waals surface area (Å²) in [5.41, 5.74) is 1.71. The number of rotatable bonds is 10. The maximum Gasteiger partial charge on any atom is 0.319 e. The number of aromatic nitrogens is 2. The fourth-order valence-electron chi connectivity index (χ4n) is 4.89. The normalized spacial score (nSPS) is 14.7. The van der Waals surface area contributed by atoms with Gasteiger partial charge in [0.15, 0.2) is 11.5 Å². The molecule has 0 radical (unpaired) electrons. The van der Waals surface area contributed by atoms with Crippen LogP contribution >= 0.6 is 11.6 Å². The number of halogens is 2. The second kappa shape index (κ2) is 13.9. The Morgan fingerprint density at radius 1 is 1.00 bits per heavy atom. The van der Waals surface area contributed by atoms with Gasteiger partial charge in [-0.25, -0.2) is 19.2 Å². The molecule has 3 heterocycles. The number of carbonyl (C=O) groups excluding carboxylic acids is 1. The number of benzene rings is 3. The number of hydrogen-bond acceptors (Lipinski definition) is 9. The molecule has 1 saturated heterocycles. The van der Waals surface area contributed by atoms with Crippen LogP contribution in [-0.4, -0.2) is 73.6 Å². The van der Waals surface area contributed by atoms with Crippen molar-refractivity contribution >= 4 is 34.2 Å². The molecule has 2 aliphatic rings. The summed E-state index contributed by atoms with van der Waals surface area (Å²) in [6, 6.07) is 12.1. The summed E-state index contributed by atoms with van der Waals surface area (Å²) in [6.45, 7) is 5.78. The van der Waals surface area contributed by atoms with E-state index in [2.05, 4.69) is 25.5 Å². The van der Waals surface area contributed by atoms with Crippen molar-refractivity contribution in [3.63, 3.8) is 0 Å². The molecule has 0 saturated carbocycles. The van der Waals surface area contributed by atoms with Crippen LogP contribution in [0.2, 0.25) is 5.02 Å². The van der Waals surface area contributed by atoms with Gasteiger partial charge in [0, 0.05) is 38.3 Å². The Kier molecular flexibility index (Phi) is 9.40. The number of morpholine rings is 1. The lowest BCUT2D eigenvalue weighted by Crippen LogP contribution is -2.37. The van der Waals surface area contributed by atoms with Crippen LogP contribution in [0.25, 0.3) is 10.9 Å². The number of hydrogen-bond donors (Lipinski definition) is 2. The summed E-state index contributed by atoms with van der Waals surface area (Å²) in [5.74, 6) is 1.79. The zero-order valence-electron chi connectivity index (χ0n) is 23.8. The van der Waals surface area contributed by atoms with Gasteiger partial charge in [-0.2, -0.15) is 0 Å². The number of nitrogens with zero attached hydrogens (tertiary/aromatic N) is 3. The van der Waals surface area contributed by atoms with Crippen molar-refractivity contribution in [3.05, 3.63) is 71.3 Å². The average molecular weight is 624 g/mol. The molecule has 230 valence electrons. The van der Waals surface area contributed by atoms with Crippen LogP contribution in [0, 0.1) is 5.82 Å². The summed E-state index contributed by atoms with van der Waals surface area (Å²) in [6.07, 6.45) is 2.26. The van der Waals surface area contributed by atoms with Gasteiger partial charge in [0.1, 0.15) is 36.5 Å². The molecule has 2 N–H and O–H groups in total. The monoisotopic (exact) mass is 623 g/mol. The molecule has 4 aromatic rings. The molecule has 1 fully saturated rings. The van der Waals surface area contributed by atoms with E-state index in [1.807, 2.05) is 0 Å². The van der Waals surface area contributed by atoms with Crippen LogP contribution in [0.3, 0.4) is 0 Å². The number of amides is 2. The summed E-state index contributed by atoms with van der Waals surface area (Å²) >= 11 is 6.47. The third-order valence-electron chi connectivity index (χ3n) is 7.09. The minimum Gasteiger partial charge on any atom is -0.489 e. The van der Waals surface area contributed by atoms with Crippen LogP contribution in [0.1, 0.15) is 12.0 Å². The Morgan fingerprint density at radius 3 is 2.59 bits per heavy atom. The van der Waals surface area contributed by atoms with Crippen molar-refractivity contribution in [2.45, 2.75) is 13.0 Å². The van der Waals surface area contributed by atoms with Gasteiger partial charge < -0.3 is 34.3 Å². The van der Waals surface area contributed by atoms with E-state index < -0.39 is 6.03 Å². The maximum absolute atomic E-state index is 13.1. The summed E-state index contributed by atoms with van der Waals surface area (Å²) in [7, 11) is 0. The van der Waals surface area contributed by atoms with Crippen molar-refractivity contribution in [2.75, 3.05) is 58.0 Å². The van der Waals surface area contributed by atoms with Gasteiger partial charge in [-0.05, 0) is 36.2 Å². The lowest BCUT2D eigenvalue weighted by molar-refractivity contribution is 0.0357. The molecule has 1 aromatic heterocycles. The van der Waals surface area contributed by atoms with Crippen LogP contribution in [-0.2, 0) is 11.3 Å². The molecule has 11 nitrogen and oxygen atoms in total. The van der Waals surface area contributed by atoms with Gasteiger partial charge in [-0.3, -0.25) is 4.90 Å². The topological polar surface area (TPSA) is 116 Å². The number of fused-ring (bicyclic) bond motifs is 3. The number of nitrogens with one attached hydrogen (secondary N) is 2. The van der Waals surface area contributed by atoms with Crippen molar-refractivity contribution in [1.29, 1.82) is 0 Å². The van der Waals surface area contributed by atoms with Crippen molar-refractivity contribution in [1.82, 2.24) is 20.2 Å². The highest BCUT2D eigenvalue weighted by Crippen LogP contribution is 2.48. The fraction of sp³-hybridized carbons (Fsp3) is 0.323. The Labute approximate surface area is 258 Å². The lowest BCUT2D eigenvalue weighted by Gasteiger charge is -2.26. The Hall–Kier alpha value is -4.39. The molecule has 0 aliphatic carbocycles. The number of carbonyl (C=O) groups is 1. The molecular formula is C31H31ClFN5O6. The molecule has 0 bridgehead atoms. The maximum atomic E-state index is 13.1. The summed E-state index contributed by atoms with van der Waals surface area (Å²) in [5, 5.41) is 6.21. The van der Waals surface area contributed by atoms with Crippen LogP contribution in [0.5, 0.6) is 28.9 Å². The minimum atomic E-state index is -0.463. The molecule has 2 aliphatic heterocycles. The molecule has 13 heteroatoms. The SMILES string of the molecule is O=C(NCc1ccc(F)cc1)Nc1ccc(Oc2ncnc3cc(OCCCN4CCOCC4)c4c(c23)OCCO4)cc1Cl. The largest absolute Gasteiger partial charge is 0.489 e. The van der Waals surface area contributed by atoms with Crippen molar-refractivity contribution < 1.29 is 32.9 Å². The van der Waals surface area contributed by atoms with Gasteiger partial charge in [0.2, 0.25) is 11.6 Å². The van der Waals surface area contributed by atoms with E-state index in [-0.39, 0.29) is 23.3 Å². The van der Waals surface area contributed by atoms with Crippen molar-refractivity contribution in [3.8, 4) is 28.9 Å². The first-order valence-electron chi connectivity index (χ1n) is 14.3. The van der Waals surface area contributed by atoms with Crippen molar-refractivity contribution in [2.24, 2.45) is 0 Å². The third-order valence-corrected chi connectivity index (χ3v) is 7.41. The number of ether oxygens (including phenoxy) is 5. The van der Waals surface area contributed by atoms with Crippen LogP contribution in [0.4, 0.5) is 14.9 Å². The number of urea groups is 1. The first kappa shape index (κ1) is 29.7. The highest BCUT2D eigenvalue weighted by molar-refractivity contribution is 6.33. The lowest BCUT2D eigenvalue weighted by atomic mass is 10.1. The molecule has 0 atom stereocenters. The molecule has 0 unspecified atom stereocenters. The van der Waals surface area contributed by atoms with Gasteiger partial charge in [0.25, 0.3) is 0 Å². The van der Waals surface area contributed by atoms with E-state index in [0.717, 1.165) is 44.8 Å². The van der Waals surface area contributed by atoms with Gasteiger partial charge in [-0.15, -0.1) is 0 Å². The van der Waals surface area contributed by atoms with E-state index in [4.69, 9.17) is 35.3 Å². The van der Waals surface area contributed by atoms with E-state index in [9.17, 15) is 9.18 Å². The smallest absolute Gasteiger partial charge is 0.319 e. The highest BCUT2D eigenvalue weighted by atomic mass is 35.5. The number of anilines is 1. The Balaban J connectivity index is 1.13. The minimum absolute atomic E-state index is 0.225.